The van der Waals surface area contributed by atoms with E-state index in [1.807, 2.05) is 48.6 Å². The molecule has 0 aliphatic carbocycles. The maximum absolute atomic E-state index is 14.5. The molecule has 0 aromatic carbocycles. The van der Waals surface area contributed by atoms with Crippen LogP contribution in [0.5, 0.6) is 0 Å². The summed E-state index contributed by atoms with van der Waals surface area (Å²) in [5.41, 5.74) is -4.13. The van der Waals surface area contributed by atoms with Gasteiger partial charge in [0.15, 0.2) is 23.8 Å². The Morgan fingerprint density at radius 1 is 0.562 bits per heavy atom. The molecule has 17 nitrogen and oxygen atoms in total. The number of carbonyl (C=O) groups excluding carboxylic acids is 4. The highest BCUT2D eigenvalue weighted by Crippen LogP contribution is 2.57. The van der Waals surface area contributed by atoms with Gasteiger partial charge in [-0.1, -0.05) is 62.5 Å². The summed E-state index contributed by atoms with van der Waals surface area (Å²) >= 11 is 0. The molecular formula is C46H72BNO16. The van der Waals surface area contributed by atoms with Crippen molar-refractivity contribution in [3.05, 3.63) is 48.6 Å². The number of ether oxygens (including phenoxy) is 4. The topological polar surface area (TPSA) is 260 Å². The number of hydrogen-bond donors (Lipinski definition) is 5. The van der Waals surface area contributed by atoms with Crippen LogP contribution < -0.4 is 6.15 Å². The van der Waals surface area contributed by atoms with Crippen molar-refractivity contribution >= 4 is 30.5 Å². The van der Waals surface area contributed by atoms with Crippen molar-refractivity contribution in [2.75, 3.05) is 0 Å². The van der Waals surface area contributed by atoms with Gasteiger partial charge in [-0.2, -0.15) is 0 Å². The number of carbonyl (C=O) groups is 4. The predicted octanol–water partition coefficient (Wildman–Crippen LogP) is 5.03. The van der Waals surface area contributed by atoms with Crippen LogP contribution in [0.15, 0.2) is 48.6 Å². The lowest BCUT2D eigenvalue weighted by atomic mass is 9.79. The number of aliphatic hydroxyl groups is 4. The number of rotatable bonds is 0. The largest absolute Gasteiger partial charge is 0.536 e. The van der Waals surface area contributed by atoms with Crippen molar-refractivity contribution in [1.29, 1.82) is 0 Å². The van der Waals surface area contributed by atoms with Gasteiger partial charge < -0.3 is 64.1 Å². The van der Waals surface area contributed by atoms with E-state index < -0.39 is 102 Å². The molecular weight excluding hydrogens is 833 g/mol. The van der Waals surface area contributed by atoms with Crippen LogP contribution in [0.25, 0.3) is 0 Å². The molecule has 0 aromatic rings. The maximum Gasteiger partial charge on any atom is 0.536 e. The molecule has 1 unspecified atom stereocenters. The second-order valence-electron chi connectivity index (χ2n) is 18.9. The lowest BCUT2D eigenvalue weighted by Crippen LogP contribution is -2.68. The fourth-order valence-corrected chi connectivity index (χ4v) is 9.40. The zero-order valence-electron chi connectivity index (χ0n) is 38.6. The lowest BCUT2D eigenvalue weighted by molar-refractivity contribution is -0.345. The molecule has 15 atom stereocenters. The average molecular weight is 906 g/mol. The van der Waals surface area contributed by atoms with Gasteiger partial charge in [-0.3, -0.25) is 9.59 Å². The summed E-state index contributed by atoms with van der Waals surface area (Å²) in [6.45, 7) is 5.49. The number of aliphatic hydroxyl groups excluding tert-OH is 2. The highest BCUT2D eigenvalue weighted by molar-refractivity contribution is 6.56. The molecule has 6 aliphatic rings. The van der Waals surface area contributed by atoms with E-state index in [0.717, 1.165) is 0 Å². The van der Waals surface area contributed by atoms with Crippen LogP contribution in [0.4, 0.5) is 0 Å². The minimum absolute atomic E-state index is 0. The molecule has 0 saturated carbocycles. The first kappa shape index (κ1) is 51.8. The monoisotopic (exact) mass is 905 g/mol. The Labute approximate surface area is 376 Å². The number of esters is 2. The molecule has 360 valence electrons. The zero-order valence-corrected chi connectivity index (χ0v) is 38.6. The fraction of sp³-hybridized carbons (Fsp3) is 0.739. The quantitative estimate of drug-likeness (QED) is 0.158. The first-order chi connectivity index (χ1) is 29.7. The van der Waals surface area contributed by atoms with Crippen LogP contribution in [0, 0.1) is 11.8 Å². The maximum atomic E-state index is 14.5. The Hall–Kier alpha value is -3.14. The van der Waals surface area contributed by atoms with E-state index in [1.54, 1.807) is 27.7 Å². The summed E-state index contributed by atoms with van der Waals surface area (Å²) in [5, 5.41) is 46.4. The Bertz CT molecular complexity index is 1660. The van der Waals surface area contributed by atoms with Gasteiger partial charge in [0.2, 0.25) is 0 Å². The van der Waals surface area contributed by atoms with Crippen LogP contribution in [0.2, 0.25) is 0 Å². The molecule has 8 N–H and O–H groups in total. The SMILES string of the molecule is C[C@@H]1C(=O)C[C@H](O)CC/C=C/C=C\CC[C@H](C)OC(=O)[C@@H]2O[B-]34O[C@@H](C(=O)O[C@@H](C)CC/C=C\C=C\CC[C@H](O)CC(=O)[C@@H](C)[C@@H]5CC[C@](C)(O)[C@]2(O5)O3)[C@@]2(O[C@H]1CC[C@]2(C)O)O4.[NH4+]. The molecule has 0 radical (unpaired) electrons. The number of allylic oxidation sites excluding steroid dienone is 8. The molecule has 0 amide bonds. The van der Waals surface area contributed by atoms with Crippen LogP contribution in [0.3, 0.4) is 0 Å². The lowest BCUT2D eigenvalue weighted by Gasteiger charge is -2.53. The molecule has 64 heavy (non-hydrogen) atoms. The molecule has 6 heterocycles. The van der Waals surface area contributed by atoms with Gasteiger partial charge in [-0.15, -0.1) is 0 Å². The Kier molecular flexibility index (Phi) is 17.2. The Morgan fingerprint density at radius 3 is 1.27 bits per heavy atom. The van der Waals surface area contributed by atoms with E-state index in [4.69, 9.17) is 37.6 Å². The van der Waals surface area contributed by atoms with Gasteiger partial charge in [0.1, 0.15) is 22.8 Å². The van der Waals surface area contributed by atoms with E-state index in [-0.39, 0.29) is 56.2 Å². The predicted molar refractivity (Wildman–Crippen MR) is 233 cm³/mol. The first-order valence-corrected chi connectivity index (χ1v) is 22.9. The van der Waals surface area contributed by atoms with Crippen molar-refractivity contribution < 1.29 is 77.2 Å². The van der Waals surface area contributed by atoms with Crippen molar-refractivity contribution in [3.63, 3.8) is 0 Å². The Morgan fingerprint density at radius 2 is 0.906 bits per heavy atom. The molecule has 18 heteroatoms. The second kappa shape index (κ2) is 21.2. The summed E-state index contributed by atoms with van der Waals surface area (Å²) in [6.07, 6.45) is 8.97. The number of hydrogen-bond acceptors (Lipinski definition) is 16. The summed E-state index contributed by atoms with van der Waals surface area (Å²) in [6, 6.07) is 0. The third-order valence-corrected chi connectivity index (χ3v) is 13.6. The Balaban J connectivity index is 0.00000771. The fourth-order valence-electron chi connectivity index (χ4n) is 9.40. The number of fused-ring (bicyclic) bond motifs is 4. The van der Waals surface area contributed by atoms with E-state index in [0.29, 0.717) is 51.4 Å². The van der Waals surface area contributed by atoms with Crippen molar-refractivity contribution in [2.24, 2.45) is 11.8 Å². The molecule has 6 aliphatic heterocycles. The molecule has 7 bridgehead atoms. The highest BCUT2D eigenvalue weighted by atomic mass is 17.0. The van der Waals surface area contributed by atoms with Crippen LogP contribution in [-0.2, 0) is 56.7 Å². The van der Waals surface area contributed by atoms with Gasteiger partial charge in [0.05, 0.1) is 36.6 Å². The number of ketones is 2. The van der Waals surface area contributed by atoms with Gasteiger partial charge in [-0.05, 0) is 105 Å². The van der Waals surface area contributed by atoms with Crippen LogP contribution in [0.1, 0.15) is 131 Å². The summed E-state index contributed by atoms with van der Waals surface area (Å²) in [7, 11) is 0. The molecule has 4 saturated heterocycles. The van der Waals surface area contributed by atoms with Crippen LogP contribution >= 0.6 is 0 Å². The number of cyclic esters (lactones) is 2. The average Bonchev–Trinajstić information content (AvgIpc) is 3.72. The van der Waals surface area contributed by atoms with E-state index in [2.05, 4.69) is 0 Å². The van der Waals surface area contributed by atoms with Crippen LogP contribution in [-0.4, -0.2) is 122 Å². The summed E-state index contributed by atoms with van der Waals surface area (Å²) in [4.78, 5) is 56.6. The van der Waals surface area contributed by atoms with Crippen molar-refractivity contribution in [2.45, 2.75) is 203 Å². The summed E-state index contributed by atoms with van der Waals surface area (Å²) < 4.78 is 51.2. The summed E-state index contributed by atoms with van der Waals surface area (Å²) in [5.74, 6) is -9.43. The normalized spacial score (nSPS) is 46.7. The van der Waals surface area contributed by atoms with Gasteiger partial charge in [-0.25, -0.2) is 9.59 Å². The third kappa shape index (κ3) is 11.2. The van der Waals surface area contributed by atoms with Gasteiger partial charge in [0.25, 0.3) is 0 Å². The van der Waals surface area contributed by atoms with Crippen molar-refractivity contribution in [3.8, 4) is 0 Å². The minimum Gasteiger partial charge on any atom is -0.504 e. The van der Waals surface area contributed by atoms with E-state index in [1.165, 1.54) is 13.8 Å². The van der Waals surface area contributed by atoms with E-state index >= 15 is 0 Å². The van der Waals surface area contributed by atoms with Gasteiger partial charge >= 0.3 is 18.9 Å². The van der Waals surface area contributed by atoms with E-state index in [9.17, 15) is 39.6 Å². The highest BCUT2D eigenvalue weighted by Gasteiger charge is 2.77. The molecule has 3 spiro atoms. The van der Waals surface area contributed by atoms with Gasteiger partial charge in [0, 0.05) is 24.7 Å². The smallest absolute Gasteiger partial charge is 0.504 e. The molecule has 4 fully saturated rings. The second-order valence-corrected chi connectivity index (χ2v) is 18.9. The van der Waals surface area contributed by atoms with Crippen molar-refractivity contribution in [1.82, 2.24) is 6.15 Å². The molecule has 6 rings (SSSR count). The minimum atomic E-state index is -3.90. The molecule has 0 aromatic heterocycles. The standard InChI is InChI=1S/C46H68BO16.H3N/c1-29-19-15-11-7-9-13-17-21-33(48)28-36(51)32(4)38-24-26-44(6,55)46(59-38)40-42(53)57-30(2)20-16-12-8-10-14-18-22-34(49)27-35(50)31(3)37-23-25-43(5,54)45(58-37)39(41(52)56-29)60-47(61-40,62-45)63-46;/h7-14,29-34,37-40,48-49,54-55H,15-28H2,1-6H3;1H3/q-1;/p+1/b11-7-,12-8-,13-9+,14-10+;/t29-,30-,31+,32+,33-,34+,37-,38-,39-,40-,43-,44-,45+,46+,47?;/m0./s1. The zero-order chi connectivity index (χ0) is 45.8. The number of quaternary nitrogens is 1. The first-order valence-electron chi connectivity index (χ1n) is 22.9. The number of Topliss-reactive ketones (excluding diaryl/α,β-unsaturated/α-hetero) is 2. The third-order valence-electron chi connectivity index (χ3n) is 13.6.